The molecule has 2 aromatic rings. The molecule has 0 aliphatic carbocycles. The Morgan fingerprint density at radius 1 is 1.55 bits per heavy atom. The van der Waals surface area contributed by atoms with Crippen molar-refractivity contribution < 1.29 is 14.1 Å². The third-order valence-electron chi connectivity index (χ3n) is 2.66. The first kappa shape index (κ1) is 14.1. The standard InChI is InChI=1S/C10H9ClFN5O3/c1-5(6-3-8(11)13-14-10(6)20-2)16-4-7(17(18)19)9(12)15-16/h3-5H,1-2H3/t5-/m0/s1. The van der Waals surface area contributed by atoms with E-state index in [1.165, 1.54) is 13.2 Å². The molecule has 0 bridgehead atoms. The molecule has 20 heavy (non-hydrogen) atoms. The second-order valence-corrected chi connectivity index (χ2v) is 4.24. The first-order valence-corrected chi connectivity index (χ1v) is 5.78. The predicted molar refractivity (Wildman–Crippen MR) is 66.2 cm³/mol. The average Bonchev–Trinajstić information content (AvgIpc) is 2.80. The number of hydrogen-bond acceptors (Lipinski definition) is 6. The second-order valence-electron chi connectivity index (χ2n) is 3.85. The van der Waals surface area contributed by atoms with Gasteiger partial charge in [0.15, 0.2) is 5.15 Å². The minimum Gasteiger partial charge on any atom is -0.480 e. The molecule has 0 saturated heterocycles. The van der Waals surface area contributed by atoms with Crippen LogP contribution in [0.4, 0.5) is 10.1 Å². The van der Waals surface area contributed by atoms with E-state index in [4.69, 9.17) is 16.3 Å². The van der Waals surface area contributed by atoms with Crippen LogP contribution in [0.5, 0.6) is 5.88 Å². The summed E-state index contributed by atoms with van der Waals surface area (Å²) < 4.78 is 19.5. The number of ether oxygens (including phenoxy) is 1. The normalized spacial score (nSPS) is 12.2. The van der Waals surface area contributed by atoms with E-state index >= 15 is 0 Å². The second kappa shape index (κ2) is 5.37. The lowest BCUT2D eigenvalue weighted by Gasteiger charge is -2.14. The smallest absolute Gasteiger partial charge is 0.343 e. The average molecular weight is 302 g/mol. The molecule has 0 amide bonds. The van der Waals surface area contributed by atoms with E-state index in [1.54, 1.807) is 6.92 Å². The van der Waals surface area contributed by atoms with Gasteiger partial charge in [-0.1, -0.05) is 11.6 Å². The van der Waals surface area contributed by atoms with E-state index in [9.17, 15) is 14.5 Å². The monoisotopic (exact) mass is 301 g/mol. The molecule has 2 rings (SSSR count). The van der Waals surface area contributed by atoms with Crippen LogP contribution in [-0.2, 0) is 0 Å². The Hall–Kier alpha value is -2.29. The molecule has 0 fully saturated rings. The number of aromatic nitrogens is 4. The Balaban J connectivity index is 2.45. The van der Waals surface area contributed by atoms with Crippen LogP contribution in [0.25, 0.3) is 0 Å². The van der Waals surface area contributed by atoms with Gasteiger partial charge >= 0.3 is 11.6 Å². The van der Waals surface area contributed by atoms with Gasteiger partial charge in [0.25, 0.3) is 0 Å². The summed E-state index contributed by atoms with van der Waals surface area (Å²) in [5, 5.41) is 21.6. The molecule has 106 valence electrons. The highest BCUT2D eigenvalue weighted by atomic mass is 35.5. The minimum atomic E-state index is -1.16. The van der Waals surface area contributed by atoms with Crippen LogP contribution in [0, 0.1) is 16.1 Å². The Labute approximate surface area is 117 Å². The van der Waals surface area contributed by atoms with E-state index in [-0.39, 0.29) is 11.0 Å². The molecule has 0 spiro atoms. The first-order chi connectivity index (χ1) is 9.43. The molecule has 2 heterocycles. The Morgan fingerprint density at radius 3 is 2.80 bits per heavy atom. The van der Waals surface area contributed by atoms with Crippen molar-refractivity contribution in [1.29, 1.82) is 0 Å². The summed E-state index contributed by atoms with van der Waals surface area (Å²) in [7, 11) is 1.39. The van der Waals surface area contributed by atoms with Crippen LogP contribution in [0.2, 0.25) is 5.15 Å². The van der Waals surface area contributed by atoms with Gasteiger partial charge in [-0.15, -0.1) is 15.3 Å². The zero-order chi connectivity index (χ0) is 14.9. The van der Waals surface area contributed by atoms with Crippen LogP contribution in [0.15, 0.2) is 12.3 Å². The van der Waals surface area contributed by atoms with Gasteiger partial charge in [0, 0.05) is 5.56 Å². The topological polar surface area (TPSA) is 96.0 Å². The fourth-order valence-electron chi connectivity index (χ4n) is 1.65. The van der Waals surface area contributed by atoms with E-state index in [0.29, 0.717) is 5.56 Å². The summed E-state index contributed by atoms with van der Waals surface area (Å²) >= 11 is 5.75. The number of nitro groups is 1. The van der Waals surface area contributed by atoms with Crippen LogP contribution >= 0.6 is 11.6 Å². The van der Waals surface area contributed by atoms with Crippen LogP contribution < -0.4 is 4.74 Å². The van der Waals surface area contributed by atoms with Crippen molar-refractivity contribution in [2.75, 3.05) is 7.11 Å². The molecule has 0 unspecified atom stereocenters. The predicted octanol–water partition coefficient (Wildman–Crippen LogP) is 1.99. The molecule has 0 saturated carbocycles. The number of rotatable bonds is 4. The summed E-state index contributed by atoms with van der Waals surface area (Å²) in [6.07, 6.45) is 0.994. The minimum absolute atomic E-state index is 0.120. The van der Waals surface area contributed by atoms with Crippen molar-refractivity contribution in [2.24, 2.45) is 0 Å². The molecule has 0 N–H and O–H groups in total. The third kappa shape index (κ3) is 2.52. The number of methoxy groups -OCH3 is 1. The zero-order valence-electron chi connectivity index (χ0n) is 10.4. The Bertz CT molecular complexity index is 662. The fraction of sp³-hybridized carbons (Fsp3) is 0.300. The highest BCUT2D eigenvalue weighted by molar-refractivity contribution is 6.29. The SMILES string of the molecule is COc1nnc(Cl)cc1[C@H](C)n1cc([N+](=O)[O-])c(F)n1. The highest BCUT2D eigenvalue weighted by Gasteiger charge is 2.24. The molecular formula is C10H9ClFN5O3. The number of halogens is 2. The third-order valence-corrected chi connectivity index (χ3v) is 2.85. The molecule has 1 atom stereocenters. The maximum atomic E-state index is 13.3. The van der Waals surface area contributed by atoms with Gasteiger partial charge in [-0.05, 0) is 13.0 Å². The molecule has 10 heteroatoms. The lowest BCUT2D eigenvalue weighted by molar-refractivity contribution is -0.387. The summed E-state index contributed by atoms with van der Waals surface area (Å²) in [6.45, 7) is 1.64. The molecule has 0 aliphatic heterocycles. The van der Waals surface area contributed by atoms with E-state index in [1.807, 2.05) is 0 Å². The van der Waals surface area contributed by atoms with Crippen LogP contribution in [0.1, 0.15) is 18.5 Å². The molecule has 0 aromatic carbocycles. The van der Waals surface area contributed by atoms with Gasteiger partial charge in [0.2, 0.25) is 5.88 Å². The largest absolute Gasteiger partial charge is 0.480 e. The molecule has 0 radical (unpaired) electrons. The molecule has 0 aliphatic rings. The summed E-state index contributed by atoms with van der Waals surface area (Å²) in [6, 6.07) is 0.907. The zero-order valence-corrected chi connectivity index (χ0v) is 11.2. The molecule has 8 nitrogen and oxygen atoms in total. The molecular weight excluding hydrogens is 293 g/mol. The maximum absolute atomic E-state index is 13.3. The first-order valence-electron chi connectivity index (χ1n) is 5.40. The summed E-state index contributed by atoms with van der Waals surface area (Å²) in [5.74, 6) is -0.977. The molecule has 2 aromatic heterocycles. The Kier molecular flexibility index (Phi) is 3.79. The van der Waals surface area contributed by atoms with E-state index < -0.39 is 22.6 Å². The quantitative estimate of drug-likeness (QED) is 0.633. The van der Waals surface area contributed by atoms with Crippen molar-refractivity contribution in [3.05, 3.63) is 39.0 Å². The van der Waals surface area contributed by atoms with Crippen molar-refractivity contribution in [3.8, 4) is 5.88 Å². The van der Waals surface area contributed by atoms with E-state index in [0.717, 1.165) is 10.9 Å². The van der Waals surface area contributed by atoms with Crippen molar-refractivity contribution in [2.45, 2.75) is 13.0 Å². The van der Waals surface area contributed by atoms with Gasteiger partial charge in [-0.2, -0.15) is 4.39 Å². The number of nitrogens with zero attached hydrogens (tertiary/aromatic N) is 5. The lowest BCUT2D eigenvalue weighted by atomic mass is 10.1. The van der Waals surface area contributed by atoms with Gasteiger partial charge < -0.3 is 4.74 Å². The van der Waals surface area contributed by atoms with Gasteiger partial charge in [-0.25, -0.2) is 0 Å². The maximum Gasteiger partial charge on any atom is 0.343 e. The van der Waals surface area contributed by atoms with Gasteiger partial charge in [0.05, 0.1) is 18.1 Å². The van der Waals surface area contributed by atoms with Gasteiger partial charge in [-0.3, -0.25) is 14.8 Å². The fourth-order valence-corrected chi connectivity index (χ4v) is 1.81. The van der Waals surface area contributed by atoms with Crippen molar-refractivity contribution >= 4 is 17.3 Å². The lowest BCUT2D eigenvalue weighted by Crippen LogP contribution is -2.10. The summed E-state index contributed by atoms with van der Waals surface area (Å²) in [4.78, 5) is 9.77. The van der Waals surface area contributed by atoms with Crippen LogP contribution in [-0.4, -0.2) is 32.0 Å². The highest BCUT2D eigenvalue weighted by Crippen LogP contribution is 2.28. The number of hydrogen-bond donors (Lipinski definition) is 0. The van der Waals surface area contributed by atoms with E-state index in [2.05, 4.69) is 15.3 Å². The summed E-state index contributed by atoms with van der Waals surface area (Å²) in [5.41, 5.74) is -0.228. The van der Waals surface area contributed by atoms with Crippen LogP contribution in [0.3, 0.4) is 0 Å². The van der Waals surface area contributed by atoms with Crippen molar-refractivity contribution in [3.63, 3.8) is 0 Å². The van der Waals surface area contributed by atoms with Crippen molar-refractivity contribution in [1.82, 2.24) is 20.0 Å². The Morgan fingerprint density at radius 2 is 2.25 bits per heavy atom. The van der Waals surface area contributed by atoms with Gasteiger partial charge in [0.1, 0.15) is 6.20 Å².